The molecule has 0 heterocycles. The molecule has 4 nitrogen and oxygen atoms in total. The molecular formula is C14H19Cl2NO3. The van der Waals surface area contributed by atoms with Gasteiger partial charge in [0.2, 0.25) is 0 Å². The summed E-state index contributed by atoms with van der Waals surface area (Å²) >= 11 is 11.9. The van der Waals surface area contributed by atoms with E-state index in [0.29, 0.717) is 35.1 Å². The highest BCUT2D eigenvalue weighted by Crippen LogP contribution is 2.26. The quantitative estimate of drug-likeness (QED) is 0.748. The molecule has 1 aromatic carbocycles. The summed E-state index contributed by atoms with van der Waals surface area (Å²) in [5, 5.41) is 10.3. The van der Waals surface area contributed by atoms with Crippen LogP contribution in [0.3, 0.4) is 0 Å². The van der Waals surface area contributed by atoms with E-state index in [-0.39, 0.29) is 12.4 Å². The zero-order valence-electron chi connectivity index (χ0n) is 11.6. The summed E-state index contributed by atoms with van der Waals surface area (Å²) < 4.78 is 4.85. The Morgan fingerprint density at radius 2 is 2.15 bits per heavy atom. The van der Waals surface area contributed by atoms with E-state index in [1.165, 1.54) is 7.11 Å². The predicted molar refractivity (Wildman–Crippen MR) is 80.8 cm³/mol. The van der Waals surface area contributed by atoms with E-state index in [1.807, 2.05) is 11.9 Å². The Kier molecular flexibility index (Phi) is 7.48. The molecule has 20 heavy (non-hydrogen) atoms. The monoisotopic (exact) mass is 319 g/mol. The maximum atomic E-state index is 12.1. The van der Waals surface area contributed by atoms with Crippen LogP contribution in [0.5, 0.6) is 0 Å². The summed E-state index contributed by atoms with van der Waals surface area (Å²) in [5.41, 5.74) is 0.435. The van der Waals surface area contributed by atoms with E-state index < -0.39 is 6.10 Å². The third-order valence-corrected chi connectivity index (χ3v) is 3.67. The number of methoxy groups -OCH3 is 1. The van der Waals surface area contributed by atoms with Crippen molar-refractivity contribution < 1.29 is 14.6 Å². The molecule has 0 aromatic heterocycles. The Bertz CT molecular complexity index is 454. The molecule has 0 saturated carbocycles. The van der Waals surface area contributed by atoms with E-state index in [1.54, 1.807) is 18.2 Å². The normalized spacial score (nSPS) is 12.7. The number of ketones is 1. The average molecular weight is 320 g/mol. The molecular weight excluding hydrogens is 301 g/mol. The van der Waals surface area contributed by atoms with Gasteiger partial charge in [0.05, 0.1) is 22.8 Å². The van der Waals surface area contributed by atoms with Crippen LogP contribution in [0.1, 0.15) is 16.8 Å². The van der Waals surface area contributed by atoms with Crippen molar-refractivity contribution in [3.8, 4) is 0 Å². The van der Waals surface area contributed by atoms with E-state index in [0.717, 1.165) is 0 Å². The maximum Gasteiger partial charge on any atom is 0.165 e. The Morgan fingerprint density at radius 1 is 1.45 bits per heavy atom. The van der Waals surface area contributed by atoms with Gasteiger partial charge in [0.1, 0.15) is 0 Å². The molecule has 0 amide bonds. The van der Waals surface area contributed by atoms with Crippen molar-refractivity contribution in [2.75, 3.05) is 33.9 Å². The molecule has 1 unspecified atom stereocenters. The molecule has 0 aliphatic carbocycles. The number of aliphatic hydroxyl groups is 1. The van der Waals surface area contributed by atoms with Gasteiger partial charge in [-0.3, -0.25) is 4.79 Å². The van der Waals surface area contributed by atoms with Crippen molar-refractivity contribution in [3.63, 3.8) is 0 Å². The van der Waals surface area contributed by atoms with Crippen LogP contribution >= 0.6 is 23.2 Å². The van der Waals surface area contributed by atoms with Gasteiger partial charge in [0.15, 0.2) is 5.78 Å². The lowest BCUT2D eigenvalue weighted by Crippen LogP contribution is -2.33. The Hall–Kier alpha value is -0.650. The zero-order valence-corrected chi connectivity index (χ0v) is 13.1. The van der Waals surface area contributed by atoms with E-state index in [4.69, 9.17) is 27.9 Å². The lowest BCUT2D eigenvalue weighted by molar-refractivity contribution is 0.0428. The number of rotatable bonds is 8. The maximum absolute atomic E-state index is 12.1. The molecule has 1 N–H and O–H groups in total. The van der Waals surface area contributed by atoms with Gasteiger partial charge in [-0.25, -0.2) is 0 Å². The fourth-order valence-electron chi connectivity index (χ4n) is 1.84. The van der Waals surface area contributed by atoms with Crippen molar-refractivity contribution in [2.24, 2.45) is 0 Å². The summed E-state index contributed by atoms with van der Waals surface area (Å²) in [5.74, 6) is -0.0643. The minimum atomic E-state index is -0.560. The van der Waals surface area contributed by atoms with Crippen LogP contribution in [0.25, 0.3) is 0 Å². The molecule has 0 radical (unpaired) electrons. The number of aliphatic hydroxyl groups excluding tert-OH is 1. The molecule has 1 aromatic rings. The Balaban J connectivity index is 2.49. The molecule has 0 spiro atoms. The number of carbonyl (C=O) groups excluding carboxylic acids is 1. The van der Waals surface area contributed by atoms with Gasteiger partial charge in [-0.1, -0.05) is 29.3 Å². The van der Waals surface area contributed by atoms with Crippen LogP contribution in [0, 0.1) is 0 Å². The molecule has 0 fully saturated rings. The highest BCUT2D eigenvalue weighted by atomic mass is 35.5. The topological polar surface area (TPSA) is 49.8 Å². The molecule has 1 rings (SSSR count). The second-order valence-electron chi connectivity index (χ2n) is 4.65. The number of likely N-dealkylation sites (N-methyl/N-ethyl adjacent to an activating group) is 1. The zero-order chi connectivity index (χ0) is 15.1. The lowest BCUT2D eigenvalue weighted by atomic mass is 10.1. The van der Waals surface area contributed by atoms with Gasteiger partial charge in [-0.15, -0.1) is 0 Å². The third kappa shape index (κ3) is 5.38. The molecule has 0 bridgehead atoms. The number of hydrogen-bond acceptors (Lipinski definition) is 4. The number of Topliss-reactive ketones (excluding diaryl/α,β-unsaturated/α-hetero) is 1. The first-order valence-corrected chi connectivity index (χ1v) is 7.04. The van der Waals surface area contributed by atoms with E-state index in [2.05, 4.69) is 0 Å². The first-order valence-electron chi connectivity index (χ1n) is 6.28. The van der Waals surface area contributed by atoms with Gasteiger partial charge < -0.3 is 14.7 Å². The summed E-state index contributed by atoms with van der Waals surface area (Å²) in [6.45, 7) is 1.26. The van der Waals surface area contributed by atoms with Gasteiger partial charge >= 0.3 is 0 Å². The van der Waals surface area contributed by atoms with Crippen LogP contribution in [0.2, 0.25) is 10.0 Å². The largest absolute Gasteiger partial charge is 0.389 e. The van der Waals surface area contributed by atoms with E-state index in [9.17, 15) is 9.90 Å². The number of hydrogen-bond donors (Lipinski definition) is 1. The number of ether oxygens (including phenoxy) is 1. The Morgan fingerprint density at radius 3 is 2.80 bits per heavy atom. The van der Waals surface area contributed by atoms with Gasteiger partial charge in [0, 0.05) is 32.2 Å². The van der Waals surface area contributed by atoms with Gasteiger partial charge in [0.25, 0.3) is 0 Å². The third-order valence-electron chi connectivity index (χ3n) is 2.85. The van der Waals surface area contributed by atoms with Crippen LogP contribution < -0.4 is 0 Å². The molecule has 0 aliphatic heterocycles. The summed E-state index contributed by atoms with van der Waals surface area (Å²) in [6, 6.07) is 5.01. The fraction of sp³-hybridized carbons (Fsp3) is 0.500. The van der Waals surface area contributed by atoms with Crippen LogP contribution in [0.15, 0.2) is 18.2 Å². The van der Waals surface area contributed by atoms with E-state index >= 15 is 0 Å². The second kappa shape index (κ2) is 8.60. The number of halogens is 2. The molecule has 1 atom stereocenters. The first kappa shape index (κ1) is 17.4. The fourth-order valence-corrected chi connectivity index (χ4v) is 2.25. The van der Waals surface area contributed by atoms with Gasteiger partial charge in [-0.2, -0.15) is 0 Å². The van der Waals surface area contributed by atoms with Crippen molar-refractivity contribution in [3.05, 3.63) is 33.8 Å². The highest BCUT2D eigenvalue weighted by Gasteiger charge is 2.14. The molecule has 6 heteroatoms. The first-order chi connectivity index (χ1) is 9.45. The standard InChI is InChI=1S/C14H19Cl2NO3/c1-17(8-10(18)9-20-2)7-6-13(19)11-4-3-5-12(15)14(11)16/h3-5,10,18H,6-9H2,1-2H3. The number of carbonyl (C=O) groups is 1. The number of benzene rings is 1. The predicted octanol–water partition coefficient (Wildman–Crippen LogP) is 2.51. The highest BCUT2D eigenvalue weighted by molar-refractivity contribution is 6.43. The van der Waals surface area contributed by atoms with Crippen LogP contribution in [0.4, 0.5) is 0 Å². The minimum Gasteiger partial charge on any atom is -0.389 e. The minimum absolute atomic E-state index is 0.0643. The number of nitrogens with zero attached hydrogens (tertiary/aromatic N) is 1. The SMILES string of the molecule is COCC(O)CN(C)CCC(=O)c1cccc(Cl)c1Cl. The average Bonchev–Trinajstić information content (AvgIpc) is 2.39. The van der Waals surface area contributed by atoms with Crippen LogP contribution in [-0.4, -0.2) is 55.7 Å². The van der Waals surface area contributed by atoms with Gasteiger partial charge in [-0.05, 0) is 19.2 Å². The molecule has 112 valence electrons. The van der Waals surface area contributed by atoms with Crippen molar-refractivity contribution in [2.45, 2.75) is 12.5 Å². The van der Waals surface area contributed by atoms with Crippen molar-refractivity contribution in [1.29, 1.82) is 0 Å². The second-order valence-corrected chi connectivity index (χ2v) is 5.43. The summed E-state index contributed by atoms with van der Waals surface area (Å²) in [7, 11) is 3.37. The molecule has 0 saturated heterocycles. The smallest absolute Gasteiger partial charge is 0.165 e. The van der Waals surface area contributed by atoms with Crippen molar-refractivity contribution >= 4 is 29.0 Å². The summed E-state index contributed by atoms with van der Waals surface area (Å²) in [6.07, 6.45) is -0.245. The Labute approximate surface area is 129 Å². The molecule has 0 aliphatic rings. The van der Waals surface area contributed by atoms with Crippen LogP contribution in [-0.2, 0) is 4.74 Å². The lowest BCUT2D eigenvalue weighted by Gasteiger charge is -2.19. The van der Waals surface area contributed by atoms with Crippen molar-refractivity contribution in [1.82, 2.24) is 4.90 Å². The summed E-state index contributed by atoms with van der Waals surface area (Å²) in [4.78, 5) is 14.0.